The molecule has 0 spiro atoms. The largest absolute Gasteiger partial charge is 0.497 e. The van der Waals surface area contributed by atoms with Gasteiger partial charge in [0.25, 0.3) is 0 Å². The first-order valence-electron chi connectivity index (χ1n) is 7.46. The van der Waals surface area contributed by atoms with Gasteiger partial charge in [-0.25, -0.2) is 8.42 Å². The van der Waals surface area contributed by atoms with Crippen LogP contribution in [0.15, 0.2) is 18.2 Å². The monoisotopic (exact) mass is 312 g/mol. The molecule has 1 atom stereocenters. The van der Waals surface area contributed by atoms with Gasteiger partial charge in [0.2, 0.25) is 0 Å². The zero-order valence-electron chi connectivity index (χ0n) is 12.8. The summed E-state index contributed by atoms with van der Waals surface area (Å²) < 4.78 is 28.3. The van der Waals surface area contributed by atoms with E-state index in [2.05, 4.69) is 6.07 Å². The molecule has 0 heterocycles. The van der Waals surface area contributed by atoms with Crippen molar-refractivity contribution in [1.82, 2.24) is 0 Å². The Kier molecular flexibility index (Phi) is 4.94. The van der Waals surface area contributed by atoms with Crippen molar-refractivity contribution in [2.24, 2.45) is 0 Å². The first-order valence-corrected chi connectivity index (χ1v) is 9.28. The third kappa shape index (κ3) is 4.20. The lowest BCUT2D eigenvalue weighted by molar-refractivity contribution is 0.0174. The van der Waals surface area contributed by atoms with E-state index in [-0.39, 0.29) is 11.5 Å². The maximum atomic E-state index is 11.5. The smallest absolute Gasteiger partial charge is 0.150 e. The third-order valence-electron chi connectivity index (χ3n) is 4.33. The Morgan fingerprint density at radius 2 is 2.10 bits per heavy atom. The van der Waals surface area contributed by atoms with E-state index in [4.69, 9.17) is 4.74 Å². The van der Waals surface area contributed by atoms with Crippen LogP contribution in [-0.2, 0) is 22.7 Å². The molecule has 118 valence electrons. The molecule has 0 aromatic heterocycles. The molecule has 0 bridgehead atoms. The lowest BCUT2D eigenvalue weighted by Crippen LogP contribution is -2.36. The van der Waals surface area contributed by atoms with E-state index in [9.17, 15) is 13.5 Å². The molecule has 4 nitrogen and oxygen atoms in total. The molecule has 0 fully saturated rings. The van der Waals surface area contributed by atoms with E-state index >= 15 is 0 Å². The van der Waals surface area contributed by atoms with Gasteiger partial charge >= 0.3 is 0 Å². The molecule has 0 aliphatic heterocycles. The molecular formula is C16H24O4S. The second-order valence-electron chi connectivity index (χ2n) is 5.88. The molecule has 0 saturated heterocycles. The summed E-state index contributed by atoms with van der Waals surface area (Å²) >= 11 is 0. The number of benzene rings is 1. The highest BCUT2D eigenvalue weighted by atomic mass is 32.2. The normalized spacial score (nSPS) is 21.9. The van der Waals surface area contributed by atoms with Crippen molar-refractivity contribution in [3.05, 3.63) is 29.3 Å². The first-order chi connectivity index (χ1) is 9.87. The summed E-state index contributed by atoms with van der Waals surface area (Å²) in [6, 6.07) is 5.97. The predicted molar refractivity (Wildman–Crippen MR) is 83.5 cm³/mol. The molecule has 1 unspecified atom stereocenters. The predicted octanol–water partition coefficient (Wildman–Crippen LogP) is 2.13. The average Bonchev–Trinajstić information content (AvgIpc) is 2.46. The van der Waals surface area contributed by atoms with E-state index in [1.807, 2.05) is 12.1 Å². The molecular weight excluding hydrogens is 288 g/mol. The Morgan fingerprint density at radius 3 is 2.76 bits per heavy atom. The lowest BCUT2D eigenvalue weighted by Gasteiger charge is -2.33. The van der Waals surface area contributed by atoms with E-state index in [0.717, 1.165) is 17.7 Å². The van der Waals surface area contributed by atoms with Crippen LogP contribution in [0.4, 0.5) is 0 Å². The molecule has 1 aliphatic carbocycles. The van der Waals surface area contributed by atoms with E-state index in [1.165, 1.54) is 5.56 Å². The summed E-state index contributed by atoms with van der Waals surface area (Å²) in [5.41, 5.74) is 1.57. The van der Waals surface area contributed by atoms with Crippen molar-refractivity contribution in [3.8, 4) is 5.75 Å². The van der Waals surface area contributed by atoms with Crippen LogP contribution in [-0.4, -0.2) is 37.7 Å². The molecule has 21 heavy (non-hydrogen) atoms. The van der Waals surface area contributed by atoms with Crippen molar-refractivity contribution in [3.63, 3.8) is 0 Å². The number of hydrogen-bond acceptors (Lipinski definition) is 4. The van der Waals surface area contributed by atoms with Crippen LogP contribution in [0.1, 0.15) is 37.3 Å². The fourth-order valence-corrected chi connectivity index (χ4v) is 3.80. The fourth-order valence-electron chi connectivity index (χ4n) is 2.93. The van der Waals surface area contributed by atoms with Gasteiger partial charge in [0, 0.05) is 12.2 Å². The Morgan fingerprint density at radius 1 is 1.33 bits per heavy atom. The van der Waals surface area contributed by atoms with Gasteiger partial charge in [0.05, 0.1) is 18.5 Å². The first kappa shape index (κ1) is 16.3. The highest BCUT2D eigenvalue weighted by Crippen LogP contribution is 2.33. The average molecular weight is 312 g/mol. The minimum Gasteiger partial charge on any atom is -0.497 e. The molecule has 1 N–H and O–H groups in total. The number of methoxy groups -OCH3 is 1. The van der Waals surface area contributed by atoms with Crippen molar-refractivity contribution in [2.45, 2.75) is 44.6 Å². The molecule has 0 saturated carbocycles. The van der Waals surface area contributed by atoms with Crippen LogP contribution in [0.2, 0.25) is 0 Å². The van der Waals surface area contributed by atoms with E-state index in [1.54, 1.807) is 14.0 Å². The quantitative estimate of drug-likeness (QED) is 0.874. The summed E-state index contributed by atoms with van der Waals surface area (Å²) in [6.07, 6.45) is 3.15. The Bertz CT molecular complexity index is 594. The number of sulfone groups is 1. The number of ether oxygens (including phenoxy) is 1. The summed E-state index contributed by atoms with van der Waals surface area (Å²) in [4.78, 5) is 0. The number of fused-ring (bicyclic) bond motifs is 1. The van der Waals surface area contributed by atoms with Crippen LogP contribution in [0.25, 0.3) is 0 Å². The van der Waals surface area contributed by atoms with Gasteiger partial charge in [-0.3, -0.25) is 0 Å². The van der Waals surface area contributed by atoms with Gasteiger partial charge in [0.15, 0.2) is 0 Å². The van der Waals surface area contributed by atoms with Crippen molar-refractivity contribution >= 4 is 9.84 Å². The van der Waals surface area contributed by atoms with Gasteiger partial charge in [0.1, 0.15) is 15.6 Å². The molecule has 5 heteroatoms. The highest BCUT2D eigenvalue weighted by molar-refractivity contribution is 7.91. The third-order valence-corrected chi connectivity index (χ3v) is 6.12. The number of hydrogen-bond donors (Lipinski definition) is 1. The van der Waals surface area contributed by atoms with Gasteiger partial charge < -0.3 is 9.84 Å². The van der Waals surface area contributed by atoms with Crippen molar-refractivity contribution < 1.29 is 18.3 Å². The van der Waals surface area contributed by atoms with E-state index < -0.39 is 15.4 Å². The maximum absolute atomic E-state index is 11.5. The van der Waals surface area contributed by atoms with Crippen LogP contribution >= 0.6 is 0 Å². The summed E-state index contributed by atoms with van der Waals surface area (Å²) in [7, 11) is -1.32. The van der Waals surface area contributed by atoms with Crippen LogP contribution in [0, 0.1) is 0 Å². The minimum atomic E-state index is -2.95. The van der Waals surface area contributed by atoms with Crippen LogP contribution in [0.5, 0.6) is 5.75 Å². The second kappa shape index (κ2) is 6.36. The molecule has 0 amide bonds. The van der Waals surface area contributed by atoms with Gasteiger partial charge in [-0.1, -0.05) is 13.0 Å². The lowest BCUT2D eigenvalue weighted by atomic mass is 9.78. The number of aryl methyl sites for hydroxylation is 1. The molecule has 2 rings (SSSR count). The Balaban J connectivity index is 2.01. The van der Waals surface area contributed by atoms with Gasteiger partial charge in [-0.05, 0) is 48.9 Å². The number of rotatable bonds is 6. The second-order valence-corrected chi connectivity index (χ2v) is 8.35. The van der Waals surface area contributed by atoms with E-state index in [0.29, 0.717) is 25.7 Å². The summed E-state index contributed by atoms with van der Waals surface area (Å²) in [5.74, 6) is 1.13. The molecule has 1 aromatic rings. The molecule has 1 aromatic carbocycles. The van der Waals surface area contributed by atoms with Crippen LogP contribution in [0.3, 0.4) is 0 Å². The van der Waals surface area contributed by atoms with Crippen molar-refractivity contribution in [2.75, 3.05) is 18.6 Å². The summed E-state index contributed by atoms with van der Waals surface area (Å²) in [5, 5.41) is 10.7. The SMILES string of the molecule is CCS(=O)(=O)CCCC1(O)CCc2ccc(OC)cc2C1. The topological polar surface area (TPSA) is 63.6 Å². The zero-order valence-corrected chi connectivity index (χ0v) is 13.6. The number of aliphatic hydroxyl groups is 1. The Labute approximate surface area is 127 Å². The fraction of sp³-hybridized carbons (Fsp3) is 0.625. The van der Waals surface area contributed by atoms with Gasteiger partial charge in [-0.2, -0.15) is 0 Å². The van der Waals surface area contributed by atoms with Crippen molar-refractivity contribution in [1.29, 1.82) is 0 Å². The highest BCUT2D eigenvalue weighted by Gasteiger charge is 2.32. The zero-order chi connectivity index (χ0) is 15.5. The molecule has 1 aliphatic rings. The van der Waals surface area contributed by atoms with Crippen LogP contribution < -0.4 is 4.74 Å². The Hall–Kier alpha value is -1.07. The molecule has 0 radical (unpaired) electrons. The summed E-state index contributed by atoms with van der Waals surface area (Å²) in [6.45, 7) is 1.66. The standard InChI is InChI=1S/C16H24O4S/c1-3-21(18,19)10-4-8-16(17)9-7-13-5-6-15(20-2)11-14(13)12-16/h5-6,11,17H,3-4,7-10,12H2,1-2H3. The minimum absolute atomic E-state index is 0.163. The maximum Gasteiger partial charge on any atom is 0.150 e. The van der Waals surface area contributed by atoms with Gasteiger partial charge in [-0.15, -0.1) is 0 Å².